The molecule has 0 aliphatic heterocycles. The Morgan fingerprint density at radius 3 is 2.65 bits per heavy atom. The lowest BCUT2D eigenvalue weighted by Gasteiger charge is -2.05. The summed E-state index contributed by atoms with van der Waals surface area (Å²) in [7, 11) is 0. The molecule has 0 aliphatic rings. The van der Waals surface area contributed by atoms with E-state index in [1.54, 1.807) is 12.1 Å². The summed E-state index contributed by atoms with van der Waals surface area (Å²) in [4.78, 5) is 0. The predicted octanol–water partition coefficient (Wildman–Crippen LogP) is 4.96. The number of benzene rings is 2. The van der Waals surface area contributed by atoms with Gasteiger partial charge in [0, 0.05) is 20.8 Å². The molecular weight excluding hydrogens is 447 g/mol. The number of nitrogens with zero attached hydrogens (tertiary/aromatic N) is 3. The van der Waals surface area contributed by atoms with E-state index in [4.69, 9.17) is 11.6 Å². The number of hydrogen-bond donors (Lipinski definition) is 2. The van der Waals surface area contributed by atoms with Crippen LogP contribution in [0.25, 0.3) is 10.8 Å². The molecule has 0 bridgehead atoms. The number of fused-ring (bicyclic) bond motifs is 1. The van der Waals surface area contributed by atoms with Crippen molar-refractivity contribution < 1.29 is 5.11 Å². The first-order valence-corrected chi connectivity index (χ1v) is 8.40. The number of halogens is 3. The average Bonchev–Trinajstić information content (AvgIpc) is 2.54. The lowest BCUT2D eigenvalue weighted by molar-refractivity contribution is 0.471. The molecule has 0 atom stereocenters. The lowest BCUT2D eigenvalue weighted by atomic mass is 10.2. The number of rotatable bonds is 3. The van der Waals surface area contributed by atoms with E-state index in [2.05, 4.69) is 52.6 Å². The minimum Gasteiger partial charge on any atom is -0.506 e. The van der Waals surface area contributed by atoms with Crippen molar-refractivity contribution in [3.05, 3.63) is 56.1 Å². The molecule has 0 aliphatic carbocycles. The van der Waals surface area contributed by atoms with E-state index in [1.165, 1.54) is 6.21 Å². The molecule has 0 unspecified atom stereocenters. The number of aromatic nitrogens is 2. The minimum absolute atomic E-state index is 0.103. The number of nitrogens with one attached hydrogen (secondary N) is 1. The maximum absolute atomic E-state index is 10.00. The van der Waals surface area contributed by atoms with E-state index in [-0.39, 0.29) is 5.75 Å². The van der Waals surface area contributed by atoms with Crippen LogP contribution in [0.5, 0.6) is 5.75 Å². The van der Waals surface area contributed by atoms with Crippen molar-refractivity contribution in [2.24, 2.45) is 5.10 Å². The number of hydrogen-bond acceptors (Lipinski definition) is 5. The first-order valence-electron chi connectivity index (χ1n) is 6.44. The van der Waals surface area contributed by atoms with Gasteiger partial charge in [0.1, 0.15) is 5.75 Å². The van der Waals surface area contributed by atoms with Crippen molar-refractivity contribution in [1.29, 1.82) is 0 Å². The second-order valence-electron chi connectivity index (χ2n) is 4.58. The Morgan fingerprint density at radius 1 is 1.13 bits per heavy atom. The van der Waals surface area contributed by atoms with Crippen molar-refractivity contribution in [1.82, 2.24) is 10.2 Å². The van der Waals surface area contributed by atoms with E-state index in [0.29, 0.717) is 21.0 Å². The van der Waals surface area contributed by atoms with Crippen LogP contribution in [-0.4, -0.2) is 21.5 Å². The molecule has 8 heteroatoms. The van der Waals surface area contributed by atoms with Crippen LogP contribution < -0.4 is 5.43 Å². The standard InChI is InChI=1S/C15H9Br2ClN4O/c16-9-5-8(13(23)12(17)6-9)7-19-21-15-11-4-2-1-3-10(11)14(18)20-22-15/h1-7,23H,(H,21,22). The van der Waals surface area contributed by atoms with Crippen LogP contribution in [-0.2, 0) is 0 Å². The Kier molecular flexibility index (Phi) is 4.79. The summed E-state index contributed by atoms with van der Waals surface area (Å²) in [6.45, 7) is 0. The molecule has 5 nitrogen and oxygen atoms in total. The molecule has 0 amide bonds. The molecule has 2 N–H and O–H groups in total. The molecule has 0 saturated carbocycles. The molecule has 23 heavy (non-hydrogen) atoms. The van der Waals surface area contributed by atoms with Gasteiger partial charge in [-0.2, -0.15) is 5.10 Å². The van der Waals surface area contributed by atoms with Gasteiger partial charge in [-0.1, -0.05) is 51.8 Å². The molecule has 3 rings (SSSR count). The second kappa shape index (κ2) is 6.82. The quantitative estimate of drug-likeness (QED) is 0.432. The minimum atomic E-state index is 0.103. The van der Waals surface area contributed by atoms with Crippen molar-refractivity contribution in [3.63, 3.8) is 0 Å². The zero-order valence-corrected chi connectivity index (χ0v) is 15.4. The summed E-state index contributed by atoms with van der Waals surface area (Å²) in [6, 6.07) is 11.0. The molecule has 116 valence electrons. The molecule has 2 aromatic carbocycles. The molecule has 1 heterocycles. The fourth-order valence-corrected chi connectivity index (χ4v) is 3.46. The summed E-state index contributed by atoms with van der Waals surface area (Å²) in [5.41, 5.74) is 3.37. The first-order chi connectivity index (χ1) is 11.1. The molecule has 3 aromatic rings. The maximum atomic E-state index is 10.00. The topological polar surface area (TPSA) is 70.4 Å². The Labute approximate surface area is 153 Å². The highest BCUT2D eigenvalue weighted by atomic mass is 79.9. The third-order valence-electron chi connectivity index (χ3n) is 3.07. The van der Waals surface area contributed by atoms with Gasteiger partial charge in [0.15, 0.2) is 11.0 Å². The highest BCUT2D eigenvalue weighted by Gasteiger charge is 2.07. The van der Waals surface area contributed by atoms with Crippen LogP contribution in [0.15, 0.2) is 50.4 Å². The van der Waals surface area contributed by atoms with Crippen LogP contribution >= 0.6 is 43.5 Å². The average molecular weight is 457 g/mol. The number of phenols is 1. The zero-order chi connectivity index (χ0) is 16.4. The largest absolute Gasteiger partial charge is 0.506 e. The fourth-order valence-electron chi connectivity index (χ4n) is 2.00. The highest BCUT2D eigenvalue weighted by molar-refractivity contribution is 9.11. The van der Waals surface area contributed by atoms with E-state index >= 15 is 0 Å². The molecule has 0 fully saturated rings. The van der Waals surface area contributed by atoms with Crippen LogP contribution in [0.2, 0.25) is 5.15 Å². The van der Waals surface area contributed by atoms with Gasteiger partial charge in [0.25, 0.3) is 0 Å². The van der Waals surface area contributed by atoms with Crippen LogP contribution in [0.4, 0.5) is 5.82 Å². The monoisotopic (exact) mass is 454 g/mol. The van der Waals surface area contributed by atoms with Crippen molar-refractivity contribution in [2.75, 3.05) is 5.43 Å². The maximum Gasteiger partial charge on any atom is 0.176 e. The van der Waals surface area contributed by atoms with Gasteiger partial charge in [-0.3, -0.25) is 5.43 Å². The van der Waals surface area contributed by atoms with Crippen molar-refractivity contribution in [3.8, 4) is 5.75 Å². The summed E-state index contributed by atoms with van der Waals surface area (Å²) < 4.78 is 1.39. The van der Waals surface area contributed by atoms with Crippen LogP contribution in [0.3, 0.4) is 0 Å². The van der Waals surface area contributed by atoms with E-state index < -0.39 is 0 Å². The molecule has 1 aromatic heterocycles. The summed E-state index contributed by atoms with van der Waals surface area (Å²) >= 11 is 12.7. The molecular formula is C15H9Br2ClN4O. The molecule has 0 spiro atoms. The van der Waals surface area contributed by atoms with Gasteiger partial charge in [-0.25, -0.2) is 0 Å². The summed E-state index contributed by atoms with van der Waals surface area (Å²) in [5, 5.41) is 23.9. The number of aromatic hydroxyl groups is 1. The number of hydrazone groups is 1. The van der Waals surface area contributed by atoms with Gasteiger partial charge < -0.3 is 5.11 Å². The highest BCUT2D eigenvalue weighted by Crippen LogP contribution is 2.31. The van der Waals surface area contributed by atoms with Crippen LogP contribution in [0.1, 0.15) is 5.56 Å². The van der Waals surface area contributed by atoms with E-state index in [1.807, 2.05) is 24.3 Å². The summed E-state index contributed by atoms with van der Waals surface area (Å²) in [5.74, 6) is 0.584. The Morgan fingerprint density at radius 2 is 1.87 bits per heavy atom. The third-order valence-corrected chi connectivity index (χ3v) is 4.42. The smallest absolute Gasteiger partial charge is 0.176 e. The molecule has 0 saturated heterocycles. The SMILES string of the molecule is Oc1c(Br)cc(Br)cc1C=NNc1nnc(Cl)c2ccccc12. The fraction of sp³-hybridized carbons (Fsp3) is 0. The number of phenolic OH excluding ortho intramolecular Hbond substituents is 1. The van der Waals surface area contributed by atoms with E-state index in [0.717, 1.165) is 15.2 Å². The van der Waals surface area contributed by atoms with Gasteiger partial charge >= 0.3 is 0 Å². The Hall–Kier alpha value is -1.70. The van der Waals surface area contributed by atoms with Gasteiger partial charge in [-0.15, -0.1) is 10.2 Å². The second-order valence-corrected chi connectivity index (χ2v) is 6.71. The molecule has 0 radical (unpaired) electrons. The summed E-state index contributed by atoms with van der Waals surface area (Å²) in [6.07, 6.45) is 1.50. The third kappa shape index (κ3) is 3.46. The van der Waals surface area contributed by atoms with E-state index in [9.17, 15) is 5.11 Å². The Balaban J connectivity index is 1.91. The van der Waals surface area contributed by atoms with Gasteiger partial charge in [-0.05, 0) is 28.1 Å². The first kappa shape index (κ1) is 16.2. The number of anilines is 1. The van der Waals surface area contributed by atoms with Crippen molar-refractivity contribution >= 4 is 66.3 Å². The Bertz CT molecular complexity index is 917. The van der Waals surface area contributed by atoms with Crippen molar-refractivity contribution in [2.45, 2.75) is 0 Å². The van der Waals surface area contributed by atoms with Gasteiger partial charge in [0.2, 0.25) is 0 Å². The van der Waals surface area contributed by atoms with Crippen LogP contribution in [0, 0.1) is 0 Å². The zero-order valence-electron chi connectivity index (χ0n) is 11.5. The lowest BCUT2D eigenvalue weighted by Crippen LogP contribution is -1.97. The normalized spacial score (nSPS) is 11.3. The van der Waals surface area contributed by atoms with Gasteiger partial charge in [0.05, 0.1) is 10.7 Å². The predicted molar refractivity (Wildman–Crippen MR) is 99.3 cm³/mol.